The quantitative estimate of drug-likeness (QED) is 0.652. The van der Waals surface area contributed by atoms with Crippen molar-refractivity contribution in [2.24, 2.45) is 0 Å². The Bertz CT molecular complexity index is 626. The van der Waals surface area contributed by atoms with Crippen molar-refractivity contribution in [3.05, 3.63) is 72.4 Å². The van der Waals surface area contributed by atoms with E-state index in [1.54, 1.807) is 18.2 Å². The minimum absolute atomic E-state index is 0.187. The van der Waals surface area contributed by atoms with E-state index in [9.17, 15) is 9.90 Å². The van der Waals surface area contributed by atoms with Crippen LogP contribution in [0, 0.1) is 0 Å². The predicted molar refractivity (Wildman–Crippen MR) is 91.4 cm³/mol. The zero-order chi connectivity index (χ0) is 16.5. The summed E-state index contributed by atoms with van der Waals surface area (Å²) in [7, 11) is 0. The number of hydrogen-bond donors (Lipinski definition) is 3. The Balaban J connectivity index is 1.81. The van der Waals surface area contributed by atoms with Crippen LogP contribution in [0.15, 0.2) is 61.3 Å². The number of amides is 1. The van der Waals surface area contributed by atoms with Crippen LogP contribution in [0.2, 0.25) is 0 Å². The lowest BCUT2D eigenvalue weighted by Gasteiger charge is -2.12. The molecule has 0 aliphatic heterocycles. The molecule has 0 saturated carbocycles. The molecule has 0 saturated heterocycles. The number of pyridine rings is 1. The molecule has 23 heavy (non-hydrogen) atoms. The second kappa shape index (κ2) is 8.70. The van der Waals surface area contributed by atoms with Crippen LogP contribution in [0.4, 0.5) is 5.82 Å². The lowest BCUT2D eigenvalue weighted by Crippen LogP contribution is -2.24. The van der Waals surface area contributed by atoms with Gasteiger partial charge in [-0.2, -0.15) is 0 Å². The second-order valence-electron chi connectivity index (χ2n) is 5.16. The van der Waals surface area contributed by atoms with Gasteiger partial charge in [-0.05, 0) is 17.7 Å². The highest BCUT2D eigenvalue weighted by atomic mass is 16.3. The number of rotatable bonds is 8. The molecule has 5 nitrogen and oxygen atoms in total. The first-order valence-corrected chi connectivity index (χ1v) is 7.50. The first kappa shape index (κ1) is 16.7. The third kappa shape index (κ3) is 5.56. The van der Waals surface area contributed by atoms with Gasteiger partial charge in [0.15, 0.2) is 0 Å². The molecule has 1 atom stereocenters. The zero-order valence-corrected chi connectivity index (χ0v) is 12.9. The Kier molecular flexibility index (Phi) is 6.32. The number of carbonyl (C=O) groups excluding carboxylic acids is 1. The molecule has 0 bridgehead atoms. The molecule has 5 heteroatoms. The molecular weight excluding hydrogens is 290 g/mol. The van der Waals surface area contributed by atoms with Crippen molar-refractivity contribution in [2.45, 2.75) is 12.5 Å². The molecule has 0 fully saturated rings. The molecular formula is C18H21N3O2. The maximum absolute atomic E-state index is 11.7. The van der Waals surface area contributed by atoms with Crippen LogP contribution in [0.1, 0.15) is 15.9 Å². The smallest absolute Gasteiger partial charge is 0.253 e. The number of hydrogen-bond acceptors (Lipinski definition) is 4. The Morgan fingerprint density at radius 1 is 1.26 bits per heavy atom. The predicted octanol–water partition coefficient (Wildman–Crippen LogP) is 2.01. The number of aliphatic hydroxyl groups excluding tert-OH is 1. The average molecular weight is 311 g/mol. The van der Waals surface area contributed by atoms with Crippen LogP contribution in [0.5, 0.6) is 0 Å². The fourth-order valence-electron chi connectivity index (χ4n) is 2.08. The molecule has 1 amide bonds. The third-order valence-electron chi connectivity index (χ3n) is 3.27. The first-order valence-electron chi connectivity index (χ1n) is 7.50. The van der Waals surface area contributed by atoms with Gasteiger partial charge in [0.05, 0.1) is 11.7 Å². The van der Waals surface area contributed by atoms with Gasteiger partial charge >= 0.3 is 0 Å². The van der Waals surface area contributed by atoms with E-state index in [0.29, 0.717) is 30.9 Å². The molecule has 0 unspecified atom stereocenters. The number of nitrogens with zero attached hydrogens (tertiary/aromatic N) is 1. The van der Waals surface area contributed by atoms with Gasteiger partial charge in [0, 0.05) is 25.7 Å². The van der Waals surface area contributed by atoms with Crippen LogP contribution in [0.25, 0.3) is 0 Å². The van der Waals surface area contributed by atoms with Crippen LogP contribution in [-0.4, -0.2) is 35.2 Å². The number of nitrogens with one attached hydrogen (secondary N) is 2. The van der Waals surface area contributed by atoms with Crippen molar-refractivity contribution in [3.63, 3.8) is 0 Å². The fourth-order valence-corrected chi connectivity index (χ4v) is 2.08. The highest BCUT2D eigenvalue weighted by molar-refractivity contribution is 5.94. The van der Waals surface area contributed by atoms with E-state index in [-0.39, 0.29) is 5.91 Å². The summed E-state index contributed by atoms with van der Waals surface area (Å²) < 4.78 is 0. The molecule has 2 aromatic rings. The van der Waals surface area contributed by atoms with Gasteiger partial charge in [0.2, 0.25) is 0 Å². The maximum atomic E-state index is 11.7. The van der Waals surface area contributed by atoms with E-state index in [1.165, 1.54) is 6.20 Å². The summed E-state index contributed by atoms with van der Waals surface area (Å²) in [6, 6.07) is 13.2. The van der Waals surface area contributed by atoms with Crippen LogP contribution in [-0.2, 0) is 6.42 Å². The Morgan fingerprint density at radius 3 is 2.70 bits per heavy atom. The lowest BCUT2D eigenvalue weighted by atomic mass is 10.1. The van der Waals surface area contributed by atoms with Gasteiger partial charge < -0.3 is 15.7 Å². The Labute approximate surface area is 136 Å². The third-order valence-corrected chi connectivity index (χ3v) is 3.27. The molecule has 0 aliphatic carbocycles. The van der Waals surface area contributed by atoms with Crippen molar-refractivity contribution >= 4 is 11.7 Å². The number of aliphatic hydroxyl groups is 1. The average Bonchev–Trinajstić information content (AvgIpc) is 2.59. The minimum Gasteiger partial charge on any atom is -0.391 e. The highest BCUT2D eigenvalue weighted by Gasteiger charge is 2.07. The van der Waals surface area contributed by atoms with Crippen molar-refractivity contribution in [1.82, 2.24) is 10.3 Å². The van der Waals surface area contributed by atoms with Crippen molar-refractivity contribution in [1.29, 1.82) is 0 Å². The van der Waals surface area contributed by atoms with E-state index in [1.807, 2.05) is 30.3 Å². The van der Waals surface area contributed by atoms with Crippen LogP contribution < -0.4 is 10.6 Å². The number of benzene rings is 1. The van der Waals surface area contributed by atoms with Crippen molar-refractivity contribution < 1.29 is 9.90 Å². The van der Waals surface area contributed by atoms with Gasteiger partial charge in [0.1, 0.15) is 5.82 Å². The normalized spacial score (nSPS) is 11.5. The van der Waals surface area contributed by atoms with Crippen molar-refractivity contribution in [2.75, 3.05) is 18.4 Å². The van der Waals surface area contributed by atoms with Crippen LogP contribution >= 0.6 is 0 Å². The summed E-state index contributed by atoms with van der Waals surface area (Å²) in [5.74, 6) is 0.436. The molecule has 120 valence electrons. The minimum atomic E-state index is -0.505. The first-order chi connectivity index (χ1) is 11.2. The van der Waals surface area contributed by atoms with E-state index in [4.69, 9.17) is 0 Å². The van der Waals surface area contributed by atoms with Gasteiger partial charge in [-0.1, -0.05) is 36.4 Å². The maximum Gasteiger partial charge on any atom is 0.253 e. The van der Waals surface area contributed by atoms with Gasteiger partial charge in [-0.3, -0.25) is 4.79 Å². The topological polar surface area (TPSA) is 74.2 Å². The standard InChI is InChI=1S/C18H21N3O2/c1-2-10-19-18(23)15-8-9-17(20-12-15)21-13-16(22)11-14-6-4-3-5-7-14/h2-9,12,16,22H,1,10-11,13H2,(H,19,23)(H,20,21)/t16-/m0/s1. The molecule has 1 heterocycles. The summed E-state index contributed by atoms with van der Waals surface area (Å²) in [6.07, 6.45) is 3.20. The van der Waals surface area contributed by atoms with E-state index >= 15 is 0 Å². The van der Waals surface area contributed by atoms with E-state index < -0.39 is 6.10 Å². The lowest BCUT2D eigenvalue weighted by molar-refractivity contribution is 0.0957. The Morgan fingerprint density at radius 2 is 2.04 bits per heavy atom. The van der Waals surface area contributed by atoms with Gasteiger partial charge in [0.25, 0.3) is 5.91 Å². The van der Waals surface area contributed by atoms with E-state index in [0.717, 1.165) is 5.56 Å². The number of carbonyl (C=O) groups is 1. The molecule has 0 spiro atoms. The van der Waals surface area contributed by atoms with Crippen LogP contribution in [0.3, 0.4) is 0 Å². The molecule has 3 N–H and O–H groups in total. The summed E-state index contributed by atoms with van der Waals surface area (Å²) >= 11 is 0. The summed E-state index contributed by atoms with van der Waals surface area (Å²) in [5.41, 5.74) is 1.58. The largest absolute Gasteiger partial charge is 0.391 e. The molecule has 2 rings (SSSR count). The summed E-state index contributed by atoms with van der Waals surface area (Å²) in [5, 5.41) is 15.8. The fraction of sp³-hybridized carbons (Fsp3) is 0.222. The number of aromatic nitrogens is 1. The zero-order valence-electron chi connectivity index (χ0n) is 12.9. The van der Waals surface area contributed by atoms with Gasteiger partial charge in [-0.25, -0.2) is 4.98 Å². The number of anilines is 1. The molecule has 1 aromatic carbocycles. The van der Waals surface area contributed by atoms with E-state index in [2.05, 4.69) is 22.2 Å². The summed E-state index contributed by atoms with van der Waals surface area (Å²) in [4.78, 5) is 15.9. The Hall–Kier alpha value is -2.66. The highest BCUT2D eigenvalue weighted by Crippen LogP contribution is 2.07. The van der Waals surface area contributed by atoms with Gasteiger partial charge in [-0.15, -0.1) is 6.58 Å². The monoisotopic (exact) mass is 311 g/mol. The molecule has 0 radical (unpaired) electrons. The molecule has 1 aromatic heterocycles. The SMILES string of the molecule is C=CCNC(=O)c1ccc(NC[C@@H](O)Cc2ccccc2)nc1. The van der Waals surface area contributed by atoms with Crippen molar-refractivity contribution in [3.8, 4) is 0 Å². The molecule has 0 aliphatic rings. The summed E-state index contributed by atoms with van der Waals surface area (Å²) in [6.45, 7) is 4.36. The second-order valence-corrected chi connectivity index (χ2v) is 5.16.